The van der Waals surface area contributed by atoms with Gasteiger partial charge < -0.3 is 55.8 Å². The van der Waals surface area contributed by atoms with E-state index in [9.17, 15) is 51.1 Å². The third-order valence-electron chi connectivity index (χ3n) is 10.6. The van der Waals surface area contributed by atoms with Crippen molar-refractivity contribution >= 4 is 23.3 Å². The van der Waals surface area contributed by atoms with E-state index in [2.05, 4.69) is 18.7 Å². The summed E-state index contributed by atoms with van der Waals surface area (Å²) in [6.45, 7) is 8.64. The first-order valence-corrected chi connectivity index (χ1v) is 18.6. The molecule has 0 aromatic heterocycles. The van der Waals surface area contributed by atoms with E-state index in [1.165, 1.54) is 12.2 Å². The van der Waals surface area contributed by atoms with Gasteiger partial charge in [-0.05, 0) is 81.5 Å². The van der Waals surface area contributed by atoms with Crippen LogP contribution in [0.4, 0.5) is 0 Å². The highest BCUT2D eigenvalue weighted by molar-refractivity contribution is 6.05. The van der Waals surface area contributed by atoms with Crippen molar-refractivity contribution in [1.82, 2.24) is 0 Å². The van der Waals surface area contributed by atoms with E-state index in [-0.39, 0.29) is 35.6 Å². The predicted molar refractivity (Wildman–Crippen MR) is 223 cm³/mol. The molecular formula is C47H42O11. The molecule has 1 unspecified atom stereocenters. The average Bonchev–Trinajstić information content (AvgIpc) is 3.44. The first-order chi connectivity index (χ1) is 27.8. The van der Waals surface area contributed by atoms with Crippen molar-refractivity contribution < 1.29 is 55.8 Å². The topological polar surface area (TPSA) is 212 Å². The van der Waals surface area contributed by atoms with Crippen molar-refractivity contribution in [3.05, 3.63) is 124 Å². The van der Waals surface area contributed by atoms with E-state index in [4.69, 9.17) is 4.74 Å². The summed E-state index contributed by atoms with van der Waals surface area (Å²) in [5.41, 5.74) is 4.94. The van der Waals surface area contributed by atoms with Crippen molar-refractivity contribution in [3.8, 4) is 85.5 Å². The number of benzene rings is 4. The molecule has 10 N–H and O–H groups in total. The molecule has 0 bridgehead atoms. The zero-order valence-electron chi connectivity index (χ0n) is 31.7. The molecule has 1 aliphatic heterocycles. The normalized spacial score (nSPS) is 16.9. The number of phenols is 10. The second kappa shape index (κ2) is 15.3. The maximum absolute atomic E-state index is 11.5. The lowest BCUT2D eigenvalue weighted by Crippen LogP contribution is -2.08. The molecule has 58 heavy (non-hydrogen) atoms. The molecule has 1 atom stereocenters. The first-order valence-electron chi connectivity index (χ1n) is 18.6. The average molecular weight is 783 g/mol. The molecule has 0 saturated heterocycles. The molecule has 0 radical (unpaired) electrons. The van der Waals surface area contributed by atoms with E-state index in [1.807, 2.05) is 68.5 Å². The molecule has 2 aliphatic carbocycles. The fourth-order valence-electron chi connectivity index (χ4n) is 7.89. The van der Waals surface area contributed by atoms with Crippen LogP contribution >= 0.6 is 0 Å². The van der Waals surface area contributed by atoms with Gasteiger partial charge in [0.05, 0.1) is 11.1 Å². The molecule has 4 aromatic carbocycles. The Balaban J connectivity index is 1.68. The molecule has 11 heteroatoms. The van der Waals surface area contributed by atoms with Gasteiger partial charge in [-0.25, -0.2) is 0 Å². The van der Waals surface area contributed by atoms with Gasteiger partial charge in [-0.15, -0.1) is 0 Å². The fraction of sp³-hybridized carbons (Fsp3) is 0.149. The van der Waals surface area contributed by atoms with Gasteiger partial charge in [0.15, 0.2) is 23.0 Å². The Kier molecular flexibility index (Phi) is 10.2. The first kappa shape index (κ1) is 38.9. The summed E-state index contributed by atoms with van der Waals surface area (Å²) >= 11 is 0. The summed E-state index contributed by atoms with van der Waals surface area (Å²) in [5.74, 6) is -9.92. The minimum absolute atomic E-state index is 0.00889. The monoisotopic (exact) mass is 782 g/mol. The molecule has 0 spiro atoms. The summed E-state index contributed by atoms with van der Waals surface area (Å²) < 4.78 is 6.38. The van der Waals surface area contributed by atoms with Crippen molar-refractivity contribution in [1.29, 1.82) is 0 Å². The Labute approximate surface area is 334 Å². The number of rotatable bonds is 6. The summed E-state index contributed by atoms with van der Waals surface area (Å²) in [6.07, 6.45) is 23.5. The lowest BCUT2D eigenvalue weighted by molar-refractivity contribution is 0.327. The van der Waals surface area contributed by atoms with Crippen LogP contribution in [0.5, 0.6) is 63.2 Å². The lowest BCUT2D eigenvalue weighted by atomic mass is 9.77. The molecule has 0 amide bonds. The fourth-order valence-corrected chi connectivity index (χ4v) is 7.89. The summed E-state index contributed by atoms with van der Waals surface area (Å²) in [6, 6.07) is 5.65. The van der Waals surface area contributed by atoms with Crippen LogP contribution in [0.25, 0.3) is 45.6 Å². The van der Waals surface area contributed by atoms with E-state index in [1.54, 1.807) is 12.2 Å². The lowest BCUT2D eigenvalue weighted by Gasteiger charge is -2.27. The second-order valence-electron chi connectivity index (χ2n) is 14.0. The highest BCUT2D eigenvalue weighted by Gasteiger charge is 2.33. The van der Waals surface area contributed by atoms with E-state index >= 15 is 0 Å². The van der Waals surface area contributed by atoms with Crippen LogP contribution in [0.2, 0.25) is 0 Å². The number of phenolic OH excluding ortho intramolecular Hbond substituents is 10. The maximum atomic E-state index is 11.5. The molecule has 296 valence electrons. The van der Waals surface area contributed by atoms with Crippen molar-refractivity contribution in [3.63, 3.8) is 0 Å². The van der Waals surface area contributed by atoms with Gasteiger partial charge >= 0.3 is 0 Å². The highest BCUT2D eigenvalue weighted by atomic mass is 16.5. The molecule has 7 rings (SSSR count). The third-order valence-corrected chi connectivity index (χ3v) is 10.6. The van der Waals surface area contributed by atoms with Crippen molar-refractivity contribution in [2.24, 2.45) is 5.92 Å². The molecule has 0 saturated carbocycles. The van der Waals surface area contributed by atoms with Gasteiger partial charge in [0, 0.05) is 17.0 Å². The summed E-state index contributed by atoms with van der Waals surface area (Å²) in [5, 5.41) is 109. The number of ether oxygens (including phenoxy) is 1. The van der Waals surface area contributed by atoms with E-state index in [0.29, 0.717) is 57.5 Å². The minimum atomic E-state index is -1.15. The number of fused-ring (bicyclic) bond motifs is 3. The molecule has 1 heterocycles. The zero-order valence-corrected chi connectivity index (χ0v) is 31.7. The molecular weight excluding hydrogens is 741 g/mol. The van der Waals surface area contributed by atoms with Crippen LogP contribution in [0.3, 0.4) is 0 Å². The molecule has 0 fully saturated rings. The van der Waals surface area contributed by atoms with Crippen LogP contribution in [0, 0.1) is 5.92 Å². The van der Waals surface area contributed by atoms with Crippen LogP contribution in [-0.4, -0.2) is 57.7 Å². The SMILES string of the molecule is C=C1/C=C2/C=CC=CC2C=CCOc2cccc(-c3c4c(c(-c5c(O)c(O)c(O)c(O)c5O)c(/C=C\CC)c3CC)C=C(c3c(O)c(O)c(O)c(O)c3O)C=CC4)c21. The Morgan fingerprint density at radius 3 is 1.95 bits per heavy atom. The van der Waals surface area contributed by atoms with Crippen molar-refractivity contribution in [2.45, 2.75) is 33.1 Å². The largest absolute Gasteiger partial charge is 0.504 e. The maximum Gasteiger partial charge on any atom is 0.208 e. The number of aromatic hydroxyl groups is 10. The predicted octanol–water partition coefficient (Wildman–Crippen LogP) is 9.35. The Hall–Kier alpha value is -7.40. The van der Waals surface area contributed by atoms with Gasteiger partial charge in [0.2, 0.25) is 34.5 Å². The summed E-state index contributed by atoms with van der Waals surface area (Å²) in [7, 11) is 0. The van der Waals surface area contributed by atoms with Gasteiger partial charge in [-0.2, -0.15) is 0 Å². The van der Waals surface area contributed by atoms with Crippen LogP contribution in [-0.2, 0) is 12.8 Å². The zero-order chi connectivity index (χ0) is 41.6. The quantitative estimate of drug-likeness (QED) is 0.0506. The molecule has 4 aromatic rings. The Morgan fingerprint density at radius 1 is 0.672 bits per heavy atom. The smallest absolute Gasteiger partial charge is 0.208 e. The van der Waals surface area contributed by atoms with Crippen LogP contribution < -0.4 is 4.74 Å². The van der Waals surface area contributed by atoms with Crippen LogP contribution in [0.1, 0.15) is 53.6 Å². The number of allylic oxidation sites excluding steroid dienone is 12. The van der Waals surface area contributed by atoms with Gasteiger partial charge in [0.1, 0.15) is 12.4 Å². The number of hydrogen-bond donors (Lipinski definition) is 10. The van der Waals surface area contributed by atoms with Gasteiger partial charge in [0.25, 0.3) is 0 Å². The Bertz CT molecular complexity index is 2570. The van der Waals surface area contributed by atoms with Crippen molar-refractivity contribution in [2.75, 3.05) is 6.61 Å². The van der Waals surface area contributed by atoms with E-state index in [0.717, 1.165) is 5.57 Å². The van der Waals surface area contributed by atoms with Crippen LogP contribution in [0.15, 0.2) is 91.1 Å². The third kappa shape index (κ3) is 6.26. The highest BCUT2D eigenvalue weighted by Crippen LogP contribution is 2.59. The Morgan fingerprint density at radius 2 is 1.31 bits per heavy atom. The van der Waals surface area contributed by atoms with Gasteiger partial charge in [-0.1, -0.05) is 99.4 Å². The minimum Gasteiger partial charge on any atom is -0.504 e. The van der Waals surface area contributed by atoms with E-state index < -0.39 is 68.6 Å². The molecule has 3 aliphatic rings. The number of hydrogen-bond acceptors (Lipinski definition) is 11. The summed E-state index contributed by atoms with van der Waals surface area (Å²) in [4.78, 5) is 0. The second-order valence-corrected chi connectivity index (χ2v) is 14.0. The molecule has 11 nitrogen and oxygen atoms in total. The van der Waals surface area contributed by atoms with Gasteiger partial charge in [-0.3, -0.25) is 0 Å². The standard InChI is InChI=1S/C47H42O11/c1-4-6-16-28-27(5-2)35(30-18-10-19-32-33(30)23(3)21-25-13-8-7-12-24(25)15-11-20-58-32)29-17-9-14-26(34-38(48)42(52)46(56)43(53)39(34)49)22-31(29)36(28)37-40(50)44(54)47(57)45(55)41(37)51/h6-16,18-19,21-22,24,48-57H,3-5,17,20H2,1-2H3/b15-11?,16-6-,25-21-.